The molecule has 0 unspecified atom stereocenters. The van der Waals surface area contributed by atoms with Gasteiger partial charge in [-0.15, -0.1) is 11.6 Å². The van der Waals surface area contributed by atoms with E-state index in [1.807, 2.05) is 6.92 Å². The Morgan fingerprint density at radius 1 is 1.53 bits per heavy atom. The Kier molecular flexibility index (Phi) is 5.12. The van der Waals surface area contributed by atoms with Crippen LogP contribution >= 0.6 is 11.6 Å². The molecule has 1 heterocycles. The highest BCUT2D eigenvalue weighted by molar-refractivity contribution is 6.18. The zero-order valence-corrected chi connectivity index (χ0v) is 9.57. The maximum atomic E-state index is 12.0. The first-order valence-electron chi connectivity index (χ1n) is 5.04. The van der Waals surface area contributed by atoms with Crippen LogP contribution < -0.4 is 0 Å². The van der Waals surface area contributed by atoms with E-state index in [1.165, 1.54) is 0 Å². The van der Waals surface area contributed by atoms with Gasteiger partial charge < -0.3 is 4.90 Å². The largest absolute Gasteiger partial charge is 0.337 e. The van der Waals surface area contributed by atoms with Crippen molar-refractivity contribution in [1.82, 2.24) is 9.88 Å². The fraction of sp³-hybridized carbons (Fsp3) is 0.455. The van der Waals surface area contributed by atoms with Crippen LogP contribution in [0.2, 0.25) is 0 Å². The van der Waals surface area contributed by atoms with Crippen molar-refractivity contribution in [2.45, 2.75) is 13.3 Å². The molecule has 1 rings (SSSR count). The van der Waals surface area contributed by atoms with E-state index < -0.39 is 0 Å². The molecule has 0 atom stereocenters. The van der Waals surface area contributed by atoms with Gasteiger partial charge in [0.15, 0.2) is 0 Å². The quantitative estimate of drug-likeness (QED) is 0.721. The molecule has 0 aromatic carbocycles. The number of nitrogens with zero attached hydrogens (tertiary/aromatic N) is 2. The molecule has 0 aliphatic heterocycles. The predicted molar refractivity (Wildman–Crippen MR) is 61.2 cm³/mol. The molecule has 3 nitrogen and oxygen atoms in total. The number of carbonyl (C=O) groups excluding carboxylic acids is 1. The first-order valence-corrected chi connectivity index (χ1v) is 5.58. The van der Waals surface area contributed by atoms with Crippen LogP contribution in [0.15, 0.2) is 24.5 Å². The second-order valence-corrected chi connectivity index (χ2v) is 3.60. The molecule has 15 heavy (non-hydrogen) atoms. The van der Waals surface area contributed by atoms with Gasteiger partial charge in [0.05, 0.1) is 5.56 Å². The molecule has 82 valence electrons. The van der Waals surface area contributed by atoms with Crippen LogP contribution in [0.3, 0.4) is 0 Å². The topological polar surface area (TPSA) is 33.2 Å². The number of hydrogen-bond donors (Lipinski definition) is 0. The maximum absolute atomic E-state index is 12.0. The number of alkyl halides is 1. The zero-order valence-electron chi connectivity index (χ0n) is 8.82. The molecule has 1 aromatic rings. The lowest BCUT2D eigenvalue weighted by molar-refractivity contribution is 0.0765. The summed E-state index contributed by atoms with van der Waals surface area (Å²) in [5.41, 5.74) is 0.621. The lowest BCUT2D eigenvalue weighted by Gasteiger charge is -2.20. The molecular weight excluding hydrogens is 212 g/mol. The Morgan fingerprint density at radius 2 is 2.33 bits per heavy atom. The van der Waals surface area contributed by atoms with Crippen LogP contribution in [0.25, 0.3) is 0 Å². The Bertz CT molecular complexity index is 297. The summed E-state index contributed by atoms with van der Waals surface area (Å²) in [7, 11) is 0. The van der Waals surface area contributed by atoms with Crippen molar-refractivity contribution in [2.75, 3.05) is 19.0 Å². The third kappa shape index (κ3) is 3.51. The standard InChI is InChI=1S/C11H15ClN2O/c1-2-7-14(8-5-12)11(15)10-4-3-6-13-9-10/h3-4,6,9H,2,5,7-8H2,1H3. The summed E-state index contributed by atoms with van der Waals surface area (Å²) >= 11 is 5.65. The molecule has 0 spiro atoms. The normalized spacial score (nSPS) is 10.0. The SMILES string of the molecule is CCCN(CCCl)C(=O)c1cccnc1. The van der Waals surface area contributed by atoms with E-state index in [9.17, 15) is 4.79 Å². The predicted octanol–water partition coefficient (Wildman–Crippen LogP) is 2.17. The molecule has 0 N–H and O–H groups in total. The summed E-state index contributed by atoms with van der Waals surface area (Å²) in [4.78, 5) is 17.6. The number of aromatic nitrogens is 1. The number of amides is 1. The van der Waals surface area contributed by atoms with E-state index in [1.54, 1.807) is 29.4 Å². The summed E-state index contributed by atoms with van der Waals surface area (Å²) in [6.45, 7) is 3.36. The Labute approximate surface area is 95.1 Å². The third-order valence-electron chi connectivity index (χ3n) is 2.04. The van der Waals surface area contributed by atoms with E-state index in [0.717, 1.165) is 13.0 Å². The molecule has 4 heteroatoms. The van der Waals surface area contributed by atoms with E-state index in [2.05, 4.69) is 4.98 Å². The summed E-state index contributed by atoms with van der Waals surface area (Å²) in [5, 5.41) is 0. The van der Waals surface area contributed by atoms with Gasteiger partial charge in [-0.1, -0.05) is 6.92 Å². The van der Waals surface area contributed by atoms with E-state index >= 15 is 0 Å². The van der Waals surface area contributed by atoms with Crippen molar-refractivity contribution >= 4 is 17.5 Å². The van der Waals surface area contributed by atoms with E-state index in [4.69, 9.17) is 11.6 Å². The smallest absolute Gasteiger partial charge is 0.255 e. The molecule has 0 saturated carbocycles. The van der Waals surface area contributed by atoms with Crippen LogP contribution in [0.4, 0.5) is 0 Å². The van der Waals surface area contributed by atoms with Crippen molar-refractivity contribution in [3.8, 4) is 0 Å². The summed E-state index contributed by atoms with van der Waals surface area (Å²) in [6, 6.07) is 3.53. The van der Waals surface area contributed by atoms with Crippen molar-refractivity contribution in [2.24, 2.45) is 0 Å². The molecule has 0 saturated heterocycles. The Morgan fingerprint density at radius 3 is 2.87 bits per heavy atom. The highest BCUT2D eigenvalue weighted by Gasteiger charge is 2.13. The van der Waals surface area contributed by atoms with Crippen molar-refractivity contribution < 1.29 is 4.79 Å². The summed E-state index contributed by atoms with van der Waals surface area (Å²) < 4.78 is 0. The summed E-state index contributed by atoms with van der Waals surface area (Å²) in [6.07, 6.45) is 4.17. The van der Waals surface area contributed by atoms with Gasteiger partial charge in [0.1, 0.15) is 0 Å². The Balaban J connectivity index is 2.71. The van der Waals surface area contributed by atoms with Gasteiger partial charge in [0.25, 0.3) is 5.91 Å². The molecule has 1 amide bonds. The minimum Gasteiger partial charge on any atom is -0.337 e. The number of rotatable bonds is 5. The minimum absolute atomic E-state index is 0.00519. The maximum Gasteiger partial charge on any atom is 0.255 e. The fourth-order valence-electron chi connectivity index (χ4n) is 1.36. The summed E-state index contributed by atoms with van der Waals surface area (Å²) in [5.74, 6) is 0.469. The van der Waals surface area contributed by atoms with Gasteiger partial charge in [-0.3, -0.25) is 9.78 Å². The molecule has 0 aliphatic carbocycles. The second kappa shape index (κ2) is 6.40. The lowest BCUT2D eigenvalue weighted by atomic mass is 10.2. The van der Waals surface area contributed by atoms with Gasteiger partial charge >= 0.3 is 0 Å². The number of carbonyl (C=O) groups is 1. The first-order chi connectivity index (χ1) is 7.29. The molecule has 0 aliphatic rings. The van der Waals surface area contributed by atoms with Crippen LogP contribution in [0.5, 0.6) is 0 Å². The monoisotopic (exact) mass is 226 g/mol. The average Bonchev–Trinajstić information content (AvgIpc) is 2.29. The molecule has 0 bridgehead atoms. The average molecular weight is 227 g/mol. The highest BCUT2D eigenvalue weighted by atomic mass is 35.5. The molecular formula is C11H15ClN2O. The van der Waals surface area contributed by atoms with Crippen LogP contribution in [-0.4, -0.2) is 34.8 Å². The minimum atomic E-state index is 0.00519. The lowest BCUT2D eigenvalue weighted by Crippen LogP contribution is -2.33. The number of pyridine rings is 1. The second-order valence-electron chi connectivity index (χ2n) is 3.22. The molecule has 0 fully saturated rings. The van der Waals surface area contributed by atoms with E-state index in [0.29, 0.717) is 18.0 Å². The highest BCUT2D eigenvalue weighted by Crippen LogP contribution is 2.04. The number of halogens is 1. The third-order valence-corrected chi connectivity index (χ3v) is 2.21. The zero-order chi connectivity index (χ0) is 11.1. The molecule has 0 radical (unpaired) electrons. The van der Waals surface area contributed by atoms with Crippen LogP contribution in [0.1, 0.15) is 23.7 Å². The molecule has 1 aromatic heterocycles. The Hall–Kier alpha value is -1.09. The van der Waals surface area contributed by atoms with Crippen molar-refractivity contribution in [1.29, 1.82) is 0 Å². The van der Waals surface area contributed by atoms with E-state index in [-0.39, 0.29) is 5.91 Å². The van der Waals surface area contributed by atoms with Gasteiger partial charge in [-0.25, -0.2) is 0 Å². The van der Waals surface area contributed by atoms with Crippen LogP contribution in [-0.2, 0) is 0 Å². The first kappa shape index (κ1) is 12.0. The van der Waals surface area contributed by atoms with Gasteiger partial charge in [0, 0.05) is 31.4 Å². The van der Waals surface area contributed by atoms with Gasteiger partial charge in [0.2, 0.25) is 0 Å². The van der Waals surface area contributed by atoms with Crippen LogP contribution in [0, 0.1) is 0 Å². The fourth-order valence-corrected chi connectivity index (χ4v) is 1.56. The van der Waals surface area contributed by atoms with Gasteiger partial charge in [-0.05, 0) is 18.6 Å². The van der Waals surface area contributed by atoms with Crippen molar-refractivity contribution in [3.05, 3.63) is 30.1 Å². The van der Waals surface area contributed by atoms with Gasteiger partial charge in [-0.2, -0.15) is 0 Å². The van der Waals surface area contributed by atoms with Crippen molar-refractivity contribution in [3.63, 3.8) is 0 Å². The number of hydrogen-bond acceptors (Lipinski definition) is 2.